The van der Waals surface area contributed by atoms with Crippen molar-refractivity contribution in [2.45, 2.75) is 37.4 Å². The van der Waals surface area contributed by atoms with Crippen molar-refractivity contribution in [3.05, 3.63) is 54.4 Å². The number of rotatable bonds is 4. The minimum atomic E-state index is -0.139. The molecule has 1 aromatic heterocycles. The van der Waals surface area contributed by atoms with Crippen LogP contribution in [-0.2, 0) is 4.74 Å². The van der Waals surface area contributed by atoms with Crippen molar-refractivity contribution in [3.63, 3.8) is 0 Å². The Morgan fingerprint density at radius 1 is 1.19 bits per heavy atom. The molecule has 136 valence electrons. The Balaban J connectivity index is 1.34. The van der Waals surface area contributed by atoms with Crippen molar-refractivity contribution >= 4 is 11.9 Å². The van der Waals surface area contributed by atoms with E-state index >= 15 is 0 Å². The van der Waals surface area contributed by atoms with Gasteiger partial charge in [-0.1, -0.05) is 18.2 Å². The van der Waals surface area contributed by atoms with Crippen LogP contribution >= 0.6 is 0 Å². The molecule has 1 aromatic carbocycles. The molecule has 0 radical (unpaired) electrons. The Kier molecular flexibility index (Phi) is 4.84. The molecule has 0 aliphatic carbocycles. The van der Waals surface area contributed by atoms with Gasteiger partial charge in [0.15, 0.2) is 0 Å². The normalized spacial score (nSPS) is 25.4. The van der Waals surface area contributed by atoms with Gasteiger partial charge in [0.2, 0.25) is 5.95 Å². The van der Waals surface area contributed by atoms with Gasteiger partial charge in [-0.25, -0.2) is 9.97 Å². The van der Waals surface area contributed by atoms with Gasteiger partial charge in [-0.05, 0) is 43.9 Å². The highest BCUT2D eigenvalue weighted by Crippen LogP contribution is 2.37. The number of amides is 1. The largest absolute Gasteiger partial charge is 0.368 e. The zero-order chi connectivity index (χ0) is 17.8. The molecule has 2 saturated heterocycles. The average molecular weight is 352 g/mol. The number of hydrogen-bond donors (Lipinski definition) is 1. The molecule has 0 saturated carbocycles. The fourth-order valence-electron chi connectivity index (χ4n) is 3.94. The van der Waals surface area contributed by atoms with Crippen LogP contribution in [0.3, 0.4) is 0 Å². The maximum absolute atomic E-state index is 12.2. The van der Waals surface area contributed by atoms with Crippen LogP contribution in [0.5, 0.6) is 0 Å². The lowest BCUT2D eigenvalue weighted by molar-refractivity contribution is -0.113. The lowest BCUT2D eigenvalue weighted by atomic mass is 9.90. The van der Waals surface area contributed by atoms with Gasteiger partial charge in [0.25, 0.3) is 5.91 Å². The Morgan fingerprint density at radius 2 is 2.00 bits per heavy atom. The van der Waals surface area contributed by atoms with Crippen LogP contribution in [0.25, 0.3) is 0 Å². The number of nitrogens with zero attached hydrogens (tertiary/aromatic N) is 3. The van der Waals surface area contributed by atoms with E-state index in [9.17, 15) is 4.79 Å². The van der Waals surface area contributed by atoms with Crippen LogP contribution in [-0.4, -0.2) is 47.2 Å². The predicted octanol–water partition coefficient (Wildman–Crippen LogP) is 2.42. The summed E-state index contributed by atoms with van der Waals surface area (Å²) in [5, 5.41) is 3.02. The summed E-state index contributed by atoms with van der Waals surface area (Å²) in [6.45, 7) is 2.28. The number of aromatic nitrogens is 2. The van der Waals surface area contributed by atoms with E-state index in [4.69, 9.17) is 4.74 Å². The number of hydrogen-bond acceptors (Lipinski definition) is 5. The summed E-state index contributed by atoms with van der Waals surface area (Å²) in [5.41, 5.74) is 0.547. The number of benzene rings is 1. The summed E-state index contributed by atoms with van der Waals surface area (Å²) >= 11 is 0. The van der Waals surface area contributed by atoms with E-state index in [-0.39, 0.29) is 17.6 Å². The first-order valence-electron chi connectivity index (χ1n) is 9.27. The standard InChI is InChI=1S/C20H24N4O2/c25-18(16-6-2-1-3-7-16)23-14-17-8-4-9-20(26-17)10-13-24(15-20)19-21-11-5-12-22-19/h1-3,5-7,11-12,17H,4,8-10,13-15H2,(H,23,25)/t17-,20-/m1/s1. The molecule has 1 spiro atoms. The zero-order valence-electron chi connectivity index (χ0n) is 14.8. The van der Waals surface area contributed by atoms with Crippen molar-refractivity contribution < 1.29 is 9.53 Å². The summed E-state index contributed by atoms with van der Waals surface area (Å²) in [7, 11) is 0. The van der Waals surface area contributed by atoms with Gasteiger partial charge >= 0.3 is 0 Å². The first-order chi connectivity index (χ1) is 12.7. The van der Waals surface area contributed by atoms with Crippen LogP contribution in [0, 0.1) is 0 Å². The van der Waals surface area contributed by atoms with Gasteiger partial charge in [0.1, 0.15) is 0 Å². The van der Waals surface area contributed by atoms with E-state index in [0.29, 0.717) is 12.1 Å². The third-order valence-corrected chi connectivity index (χ3v) is 5.25. The SMILES string of the molecule is O=C(NC[C@H]1CCC[C@]2(CCN(c3ncccn3)C2)O1)c1ccccc1. The summed E-state index contributed by atoms with van der Waals surface area (Å²) in [4.78, 5) is 23.2. The van der Waals surface area contributed by atoms with E-state index in [1.807, 2.05) is 36.4 Å². The molecule has 26 heavy (non-hydrogen) atoms. The second-order valence-electron chi connectivity index (χ2n) is 7.11. The highest BCUT2D eigenvalue weighted by atomic mass is 16.5. The van der Waals surface area contributed by atoms with Crippen molar-refractivity contribution in [2.24, 2.45) is 0 Å². The zero-order valence-corrected chi connectivity index (χ0v) is 14.8. The van der Waals surface area contributed by atoms with Gasteiger partial charge < -0.3 is 15.0 Å². The molecule has 4 rings (SSSR count). The molecule has 2 aromatic rings. The van der Waals surface area contributed by atoms with Crippen LogP contribution < -0.4 is 10.2 Å². The minimum absolute atomic E-state index is 0.0421. The molecule has 6 heteroatoms. The lowest BCUT2D eigenvalue weighted by Gasteiger charge is -2.38. The molecule has 1 amide bonds. The van der Waals surface area contributed by atoms with Crippen LogP contribution in [0.2, 0.25) is 0 Å². The number of carbonyl (C=O) groups is 1. The van der Waals surface area contributed by atoms with Gasteiger partial charge in [0, 0.05) is 37.6 Å². The third kappa shape index (κ3) is 3.70. The third-order valence-electron chi connectivity index (χ3n) is 5.25. The Morgan fingerprint density at radius 3 is 2.81 bits per heavy atom. The van der Waals surface area contributed by atoms with Crippen molar-refractivity contribution in [3.8, 4) is 0 Å². The van der Waals surface area contributed by atoms with Crippen molar-refractivity contribution in [1.82, 2.24) is 15.3 Å². The summed E-state index contributed by atoms with van der Waals surface area (Å²) in [6.07, 6.45) is 7.75. The second kappa shape index (κ2) is 7.41. The minimum Gasteiger partial charge on any atom is -0.368 e. The first kappa shape index (κ1) is 17.0. The topological polar surface area (TPSA) is 67.4 Å². The fourth-order valence-corrected chi connectivity index (χ4v) is 3.94. The molecular weight excluding hydrogens is 328 g/mol. The number of carbonyl (C=O) groups excluding carboxylic acids is 1. The molecule has 0 bridgehead atoms. The second-order valence-corrected chi connectivity index (χ2v) is 7.11. The molecule has 6 nitrogen and oxygen atoms in total. The number of anilines is 1. The molecule has 2 aliphatic heterocycles. The molecule has 2 fully saturated rings. The van der Waals surface area contributed by atoms with E-state index in [1.54, 1.807) is 12.4 Å². The van der Waals surface area contributed by atoms with Crippen LogP contribution in [0.4, 0.5) is 5.95 Å². The highest BCUT2D eigenvalue weighted by molar-refractivity contribution is 5.94. The van der Waals surface area contributed by atoms with Gasteiger partial charge in [-0.15, -0.1) is 0 Å². The van der Waals surface area contributed by atoms with Gasteiger partial charge in [-0.3, -0.25) is 4.79 Å². The maximum atomic E-state index is 12.2. The van der Waals surface area contributed by atoms with E-state index in [1.165, 1.54) is 0 Å². The Labute approximate surface area is 153 Å². The highest BCUT2D eigenvalue weighted by Gasteiger charge is 2.43. The van der Waals surface area contributed by atoms with E-state index in [0.717, 1.165) is 44.7 Å². The molecule has 3 heterocycles. The quantitative estimate of drug-likeness (QED) is 0.915. The summed E-state index contributed by atoms with van der Waals surface area (Å²) in [5.74, 6) is 0.729. The predicted molar refractivity (Wildman–Crippen MR) is 99.1 cm³/mol. The maximum Gasteiger partial charge on any atom is 0.251 e. The van der Waals surface area contributed by atoms with Crippen molar-refractivity contribution in [1.29, 1.82) is 0 Å². The first-order valence-corrected chi connectivity index (χ1v) is 9.27. The summed E-state index contributed by atoms with van der Waals surface area (Å²) in [6, 6.07) is 11.1. The van der Waals surface area contributed by atoms with Crippen LogP contribution in [0.1, 0.15) is 36.0 Å². The summed E-state index contributed by atoms with van der Waals surface area (Å²) < 4.78 is 6.46. The average Bonchev–Trinajstić information content (AvgIpc) is 3.10. The van der Waals surface area contributed by atoms with Crippen LogP contribution in [0.15, 0.2) is 48.8 Å². The molecule has 2 aliphatic rings. The van der Waals surface area contributed by atoms with E-state index in [2.05, 4.69) is 20.2 Å². The molecule has 1 N–H and O–H groups in total. The Bertz CT molecular complexity index is 740. The Hall–Kier alpha value is -2.47. The fraction of sp³-hybridized carbons (Fsp3) is 0.450. The monoisotopic (exact) mass is 352 g/mol. The number of ether oxygens (including phenoxy) is 1. The molecular formula is C20H24N4O2. The molecule has 2 atom stereocenters. The van der Waals surface area contributed by atoms with Gasteiger partial charge in [-0.2, -0.15) is 0 Å². The molecule has 0 unspecified atom stereocenters. The van der Waals surface area contributed by atoms with Gasteiger partial charge in [0.05, 0.1) is 11.7 Å². The number of nitrogens with one attached hydrogen (secondary N) is 1. The smallest absolute Gasteiger partial charge is 0.251 e. The van der Waals surface area contributed by atoms with E-state index < -0.39 is 0 Å². The lowest BCUT2D eigenvalue weighted by Crippen LogP contribution is -2.47. The van der Waals surface area contributed by atoms with Crippen molar-refractivity contribution in [2.75, 3.05) is 24.5 Å².